The predicted octanol–water partition coefficient (Wildman–Crippen LogP) is 5.91. The summed E-state index contributed by atoms with van der Waals surface area (Å²) in [7, 11) is 1.18. The number of ether oxygens (including phenoxy) is 1. The van der Waals surface area contributed by atoms with Gasteiger partial charge in [0, 0.05) is 12.0 Å². The van der Waals surface area contributed by atoms with Gasteiger partial charge in [0.2, 0.25) is 5.91 Å². The fraction of sp³-hybridized carbons (Fsp3) is 0.250. The summed E-state index contributed by atoms with van der Waals surface area (Å²) in [4.78, 5) is 36.5. The minimum absolute atomic E-state index is 0.0743. The van der Waals surface area contributed by atoms with Crippen molar-refractivity contribution in [1.29, 1.82) is 5.26 Å². The van der Waals surface area contributed by atoms with Crippen molar-refractivity contribution >= 4 is 23.3 Å². The number of carbonyl (C=O) groups excluding carboxylic acids is 2. The highest BCUT2D eigenvalue weighted by Gasteiger charge is 2.27. The molecule has 0 saturated heterocycles. The van der Waals surface area contributed by atoms with E-state index in [0.717, 1.165) is 29.5 Å². The largest absolute Gasteiger partial charge is 0.465 e. The van der Waals surface area contributed by atoms with Crippen molar-refractivity contribution < 1.29 is 19.2 Å². The van der Waals surface area contributed by atoms with E-state index in [1.165, 1.54) is 25.3 Å². The third kappa shape index (κ3) is 6.13. The highest BCUT2D eigenvalue weighted by Crippen LogP contribution is 2.31. The number of nitrogens with zero attached hydrogens (tertiary/aromatic N) is 2. The van der Waals surface area contributed by atoms with Crippen LogP contribution in [0.25, 0.3) is 11.1 Å². The molecule has 0 saturated carbocycles. The number of esters is 1. The summed E-state index contributed by atoms with van der Waals surface area (Å²) in [5.41, 5.74) is 2.61. The number of rotatable bonds is 10. The first-order chi connectivity index (χ1) is 17.4. The number of amides is 1. The molecule has 0 heterocycles. The van der Waals surface area contributed by atoms with E-state index in [1.54, 1.807) is 6.07 Å². The van der Waals surface area contributed by atoms with Crippen LogP contribution in [-0.4, -0.2) is 23.9 Å². The van der Waals surface area contributed by atoms with Crippen LogP contribution in [0.15, 0.2) is 66.7 Å². The van der Waals surface area contributed by atoms with Crippen LogP contribution in [-0.2, 0) is 16.0 Å². The highest BCUT2D eigenvalue weighted by molar-refractivity contribution is 6.04. The first kappa shape index (κ1) is 26.1. The zero-order valence-corrected chi connectivity index (χ0v) is 20.2. The van der Waals surface area contributed by atoms with Crippen LogP contribution in [0.2, 0.25) is 0 Å². The maximum Gasteiger partial charge on any atom is 0.340 e. The number of benzene rings is 3. The van der Waals surface area contributed by atoms with Crippen LogP contribution in [0.5, 0.6) is 0 Å². The second-order valence-electron chi connectivity index (χ2n) is 8.34. The van der Waals surface area contributed by atoms with Gasteiger partial charge in [0.1, 0.15) is 5.69 Å². The Morgan fingerprint density at radius 2 is 1.81 bits per heavy atom. The molecule has 1 N–H and O–H groups in total. The number of hydrogen-bond acceptors (Lipinski definition) is 6. The average molecular weight is 486 g/mol. The first-order valence-corrected chi connectivity index (χ1v) is 11.6. The van der Waals surface area contributed by atoms with E-state index >= 15 is 0 Å². The first-order valence-electron chi connectivity index (χ1n) is 11.6. The Morgan fingerprint density at radius 1 is 1.08 bits per heavy atom. The summed E-state index contributed by atoms with van der Waals surface area (Å²) in [5.74, 6) is -1.64. The van der Waals surface area contributed by atoms with E-state index in [1.807, 2.05) is 49.4 Å². The number of nitrogens with one attached hydrogen (secondary N) is 1. The van der Waals surface area contributed by atoms with Gasteiger partial charge in [0.15, 0.2) is 0 Å². The molecule has 0 radical (unpaired) electrons. The van der Waals surface area contributed by atoms with Gasteiger partial charge in [-0.3, -0.25) is 14.9 Å². The topological polar surface area (TPSA) is 122 Å². The van der Waals surface area contributed by atoms with Crippen LogP contribution >= 0.6 is 0 Å². The lowest BCUT2D eigenvalue weighted by Gasteiger charge is -2.18. The standard InChI is InChI=1S/C28H27N3O5/c1-3-4-8-21(17-19-13-15-20(16-14-19)23-10-6-5-9-22(23)18-29)27(32)30-26-24(28(33)36-2)11-7-12-25(26)31(34)35/h5-7,9-16,21H,3-4,8,17H2,1-2H3,(H,30,32). The van der Waals surface area contributed by atoms with Gasteiger partial charge in [-0.15, -0.1) is 0 Å². The number of nitro groups is 1. The van der Waals surface area contributed by atoms with Crippen molar-refractivity contribution in [3.05, 3.63) is 93.5 Å². The van der Waals surface area contributed by atoms with E-state index in [9.17, 15) is 25.0 Å². The van der Waals surface area contributed by atoms with Crippen LogP contribution in [0.3, 0.4) is 0 Å². The number of nitriles is 1. The van der Waals surface area contributed by atoms with E-state index in [0.29, 0.717) is 18.4 Å². The third-order valence-corrected chi connectivity index (χ3v) is 5.96. The molecule has 0 aliphatic heterocycles. The highest BCUT2D eigenvalue weighted by atomic mass is 16.6. The quantitative estimate of drug-likeness (QED) is 0.216. The number of methoxy groups -OCH3 is 1. The second kappa shape index (κ2) is 12.3. The maximum atomic E-state index is 13.3. The molecule has 1 atom stereocenters. The van der Waals surface area contributed by atoms with Crippen molar-refractivity contribution in [2.24, 2.45) is 5.92 Å². The molecule has 1 amide bonds. The van der Waals surface area contributed by atoms with Crippen molar-refractivity contribution in [2.75, 3.05) is 12.4 Å². The lowest BCUT2D eigenvalue weighted by Crippen LogP contribution is -2.26. The summed E-state index contributed by atoms with van der Waals surface area (Å²) >= 11 is 0. The van der Waals surface area contributed by atoms with Crippen molar-refractivity contribution in [3.63, 3.8) is 0 Å². The Labute approximate surface area is 209 Å². The molecule has 0 bridgehead atoms. The second-order valence-corrected chi connectivity index (χ2v) is 8.34. The van der Waals surface area contributed by atoms with Gasteiger partial charge in [-0.25, -0.2) is 4.79 Å². The third-order valence-electron chi connectivity index (χ3n) is 5.96. The number of para-hydroxylation sites is 1. The summed E-state index contributed by atoms with van der Waals surface area (Å²) in [6, 6.07) is 21.2. The molecule has 8 heteroatoms. The lowest BCUT2D eigenvalue weighted by molar-refractivity contribution is -0.384. The normalized spacial score (nSPS) is 11.2. The van der Waals surface area contributed by atoms with E-state index in [2.05, 4.69) is 11.4 Å². The Balaban J connectivity index is 1.86. The Kier molecular flexibility index (Phi) is 8.89. The number of hydrogen-bond donors (Lipinski definition) is 1. The Bertz CT molecular complexity index is 1300. The van der Waals surface area contributed by atoms with Gasteiger partial charge in [-0.05, 0) is 41.7 Å². The molecule has 8 nitrogen and oxygen atoms in total. The molecular weight excluding hydrogens is 458 g/mol. The van der Waals surface area contributed by atoms with Gasteiger partial charge in [-0.2, -0.15) is 5.26 Å². The lowest BCUT2D eigenvalue weighted by atomic mass is 9.91. The van der Waals surface area contributed by atoms with E-state index in [-0.39, 0.29) is 16.9 Å². The summed E-state index contributed by atoms with van der Waals surface area (Å²) in [5, 5.41) is 23.6. The molecule has 0 aromatic heterocycles. The van der Waals surface area contributed by atoms with Gasteiger partial charge in [0.05, 0.1) is 29.2 Å². The fourth-order valence-electron chi connectivity index (χ4n) is 4.04. The van der Waals surface area contributed by atoms with Crippen molar-refractivity contribution in [1.82, 2.24) is 0 Å². The smallest absolute Gasteiger partial charge is 0.340 e. The Morgan fingerprint density at radius 3 is 2.44 bits per heavy atom. The summed E-state index contributed by atoms with van der Waals surface area (Å²) in [6.45, 7) is 2.02. The average Bonchev–Trinajstić information content (AvgIpc) is 2.90. The molecule has 0 fully saturated rings. The van der Waals surface area contributed by atoms with E-state index < -0.39 is 22.7 Å². The van der Waals surface area contributed by atoms with Gasteiger partial charge in [0.25, 0.3) is 5.69 Å². The molecule has 3 aromatic carbocycles. The number of unbranched alkanes of at least 4 members (excludes halogenated alkanes) is 1. The van der Waals surface area contributed by atoms with Gasteiger partial charge >= 0.3 is 5.97 Å². The van der Waals surface area contributed by atoms with E-state index in [4.69, 9.17) is 4.74 Å². The van der Waals surface area contributed by atoms with Crippen molar-refractivity contribution in [3.8, 4) is 17.2 Å². The van der Waals surface area contributed by atoms with Crippen LogP contribution in [0.4, 0.5) is 11.4 Å². The monoisotopic (exact) mass is 485 g/mol. The molecule has 0 aliphatic rings. The SMILES string of the molecule is CCCCC(Cc1ccc(-c2ccccc2C#N)cc1)C(=O)Nc1c(C(=O)OC)cccc1[N+](=O)[O-]. The van der Waals surface area contributed by atoms with Gasteiger partial charge < -0.3 is 10.1 Å². The maximum absolute atomic E-state index is 13.3. The zero-order valence-electron chi connectivity index (χ0n) is 20.2. The molecular formula is C28H27N3O5. The molecule has 0 aliphatic carbocycles. The molecule has 3 rings (SSSR count). The fourth-order valence-corrected chi connectivity index (χ4v) is 4.04. The number of carbonyl (C=O) groups is 2. The molecule has 0 spiro atoms. The predicted molar refractivity (Wildman–Crippen MR) is 136 cm³/mol. The molecule has 3 aromatic rings. The summed E-state index contributed by atoms with van der Waals surface area (Å²) < 4.78 is 4.75. The van der Waals surface area contributed by atoms with Crippen LogP contribution in [0.1, 0.15) is 47.7 Å². The van der Waals surface area contributed by atoms with Crippen molar-refractivity contribution in [2.45, 2.75) is 32.6 Å². The minimum atomic E-state index is -0.771. The van der Waals surface area contributed by atoms with Crippen LogP contribution in [0, 0.1) is 27.4 Å². The minimum Gasteiger partial charge on any atom is -0.465 e. The Hall–Kier alpha value is -4.51. The zero-order chi connectivity index (χ0) is 26.1. The van der Waals surface area contributed by atoms with Crippen LogP contribution < -0.4 is 5.32 Å². The molecule has 36 heavy (non-hydrogen) atoms. The number of nitro benzene ring substituents is 1. The molecule has 1 unspecified atom stereocenters. The summed E-state index contributed by atoms with van der Waals surface area (Å²) in [6.07, 6.45) is 2.68. The molecule has 184 valence electrons. The van der Waals surface area contributed by atoms with Gasteiger partial charge in [-0.1, -0.05) is 68.3 Å². The number of anilines is 1.